The van der Waals surface area contributed by atoms with Crippen molar-refractivity contribution < 1.29 is 4.39 Å². The molecule has 2 rings (SSSR count). The first-order valence-corrected chi connectivity index (χ1v) is 7.51. The Morgan fingerprint density at radius 2 is 1.86 bits per heavy atom. The first-order valence-electron chi connectivity index (χ1n) is 7.13. The summed E-state index contributed by atoms with van der Waals surface area (Å²) in [4.78, 5) is 0. The van der Waals surface area contributed by atoms with Gasteiger partial charge in [0.2, 0.25) is 0 Å². The van der Waals surface area contributed by atoms with Crippen LogP contribution in [0.3, 0.4) is 0 Å². The Hall–Kier alpha value is -1.42. The predicted molar refractivity (Wildman–Crippen MR) is 85.6 cm³/mol. The summed E-state index contributed by atoms with van der Waals surface area (Å²) in [6.45, 7) is 0. The van der Waals surface area contributed by atoms with Gasteiger partial charge in [0.25, 0.3) is 0 Å². The van der Waals surface area contributed by atoms with Crippen LogP contribution < -0.4 is 11.3 Å². The fraction of sp³-hybridized carbons (Fsp3) is 0.294. The van der Waals surface area contributed by atoms with Gasteiger partial charge in [0.05, 0.1) is 5.02 Å². The minimum absolute atomic E-state index is 0.160. The Morgan fingerprint density at radius 1 is 1.10 bits per heavy atom. The largest absolute Gasteiger partial charge is 0.271 e. The molecule has 112 valence electrons. The lowest BCUT2D eigenvalue weighted by Gasteiger charge is -2.16. The normalized spacial score (nSPS) is 12.3. The molecule has 0 amide bonds. The van der Waals surface area contributed by atoms with E-state index in [2.05, 4.69) is 29.7 Å². The number of benzene rings is 2. The molecule has 21 heavy (non-hydrogen) atoms. The summed E-state index contributed by atoms with van der Waals surface area (Å²) in [7, 11) is 0. The lowest BCUT2D eigenvalue weighted by Crippen LogP contribution is -2.36. The maximum absolute atomic E-state index is 13.1. The molecule has 0 saturated carbocycles. The van der Waals surface area contributed by atoms with Gasteiger partial charge in [0, 0.05) is 6.04 Å². The van der Waals surface area contributed by atoms with Gasteiger partial charge in [-0.1, -0.05) is 48.0 Å². The zero-order valence-corrected chi connectivity index (χ0v) is 12.6. The van der Waals surface area contributed by atoms with Crippen molar-refractivity contribution >= 4 is 11.6 Å². The minimum atomic E-state index is -0.387. The van der Waals surface area contributed by atoms with Gasteiger partial charge in [-0.05, 0) is 48.9 Å². The predicted octanol–water partition coefficient (Wildman–Crippen LogP) is 3.88. The van der Waals surface area contributed by atoms with Crippen molar-refractivity contribution in [2.45, 2.75) is 31.7 Å². The van der Waals surface area contributed by atoms with Gasteiger partial charge < -0.3 is 0 Å². The fourth-order valence-corrected chi connectivity index (χ4v) is 2.60. The van der Waals surface area contributed by atoms with Crippen molar-refractivity contribution in [2.75, 3.05) is 0 Å². The highest BCUT2D eigenvalue weighted by Gasteiger charge is 2.09. The second-order valence-corrected chi connectivity index (χ2v) is 5.60. The second kappa shape index (κ2) is 8.13. The van der Waals surface area contributed by atoms with Gasteiger partial charge in [-0.25, -0.2) is 4.39 Å². The van der Waals surface area contributed by atoms with Gasteiger partial charge in [-0.3, -0.25) is 11.3 Å². The highest BCUT2D eigenvalue weighted by atomic mass is 35.5. The van der Waals surface area contributed by atoms with E-state index in [0.29, 0.717) is 0 Å². The van der Waals surface area contributed by atoms with Gasteiger partial charge in [-0.15, -0.1) is 0 Å². The highest BCUT2D eigenvalue weighted by molar-refractivity contribution is 6.30. The summed E-state index contributed by atoms with van der Waals surface area (Å²) < 4.78 is 13.1. The second-order valence-electron chi connectivity index (χ2n) is 5.19. The third kappa shape index (κ3) is 5.12. The Balaban J connectivity index is 1.84. The molecule has 0 aliphatic rings. The minimum Gasteiger partial charge on any atom is -0.271 e. The standard InChI is InChI=1S/C17H20ClFN2/c18-16-12-14(9-10-17(16)19)11-15(21-20)8-4-7-13-5-2-1-3-6-13/h1-3,5-6,9-10,12,15,21H,4,7-8,11,20H2. The smallest absolute Gasteiger partial charge is 0.141 e. The van der Waals surface area contributed by atoms with Crippen molar-refractivity contribution in [3.63, 3.8) is 0 Å². The molecule has 2 nitrogen and oxygen atoms in total. The van der Waals surface area contributed by atoms with E-state index in [1.165, 1.54) is 11.6 Å². The van der Waals surface area contributed by atoms with Crippen molar-refractivity contribution in [1.82, 2.24) is 5.43 Å². The molecule has 1 unspecified atom stereocenters. The molecule has 0 aromatic heterocycles. The van der Waals surface area contributed by atoms with E-state index in [0.717, 1.165) is 31.2 Å². The molecule has 0 saturated heterocycles. The third-order valence-electron chi connectivity index (χ3n) is 3.56. The molecule has 2 aromatic carbocycles. The molecular weight excluding hydrogens is 287 g/mol. The summed E-state index contributed by atoms with van der Waals surface area (Å²) in [6.07, 6.45) is 3.78. The van der Waals surface area contributed by atoms with Crippen LogP contribution in [0.5, 0.6) is 0 Å². The first-order chi connectivity index (χ1) is 10.2. The summed E-state index contributed by atoms with van der Waals surface area (Å²) >= 11 is 5.80. The van der Waals surface area contributed by atoms with Gasteiger partial charge in [0.15, 0.2) is 0 Å². The highest BCUT2D eigenvalue weighted by Crippen LogP contribution is 2.18. The van der Waals surface area contributed by atoms with Crippen LogP contribution in [-0.2, 0) is 12.8 Å². The summed E-state index contributed by atoms with van der Waals surface area (Å²) in [5.74, 6) is 5.22. The Bertz CT molecular complexity index is 560. The van der Waals surface area contributed by atoms with Crippen molar-refractivity contribution in [2.24, 2.45) is 5.84 Å². The molecule has 0 bridgehead atoms. The Morgan fingerprint density at radius 3 is 2.52 bits per heavy atom. The number of nitrogens with one attached hydrogen (secondary N) is 1. The quantitative estimate of drug-likeness (QED) is 0.602. The van der Waals surface area contributed by atoms with E-state index in [-0.39, 0.29) is 16.9 Å². The summed E-state index contributed by atoms with van der Waals surface area (Å²) in [5.41, 5.74) is 5.16. The molecule has 0 radical (unpaired) electrons. The zero-order chi connectivity index (χ0) is 15.1. The van der Waals surface area contributed by atoms with E-state index in [4.69, 9.17) is 17.4 Å². The maximum atomic E-state index is 13.1. The lowest BCUT2D eigenvalue weighted by molar-refractivity contribution is 0.476. The summed E-state index contributed by atoms with van der Waals surface area (Å²) in [6, 6.07) is 15.4. The molecule has 2 aromatic rings. The molecule has 0 aliphatic heterocycles. The van der Waals surface area contributed by atoms with E-state index in [9.17, 15) is 4.39 Å². The molecule has 3 N–H and O–H groups in total. The summed E-state index contributed by atoms with van der Waals surface area (Å²) in [5, 5.41) is 0.160. The average Bonchev–Trinajstić information content (AvgIpc) is 2.51. The number of hydrogen-bond acceptors (Lipinski definition) is 2. The van der Waals surface area contributed by atoms with Gasteiger partial charge in [-0.2, -0.15) is 0 Å². The Labute approximate surface area is 130 Å². The molecule has 0 spiro atoms. The monoisotopic (exact) mass is 306 g/mol. The SMILES string of the molecule is NNC(CCCc1ccccc1)Cc1ccc(F)c(Cl)c1. The first kappa shape index (κ1) is 16.0. The van der Waals surface area contributed by atoms with Crippen molar-refractivity contribution in [3.8, 4) is 0 Å². The molecule has 4 heteroatoms. The molecule has 0 heterocycles. The van der Waals surface area contributed by atoms with E-state index < -0.39 is 0 Å². The molecule has 0 fully saturated rings. The van der Waals surface area contributed by atoms with Crippen LogP contribution >= 0.6 is 11.6 Å². The Kier molecular flexibility index (Phi) is 6.18. The van der Waals surface area contributed by atoms with E-state index in [1.54, 1.807) is 12.1 Å². The molecule has 0 aliphatic carbocycles. The topological polar surface area (TPSA) is 38.0 Å². The van der Waals surface area contributed by atoms with Crippen molar-refractivity contribution in [1.29, 1.82) is 0 Å². The molecular formula is C17H20ClFN2. The van der Waals surface area contributed by atoms with Crippen LogP contribution in [0.25, 0.3) is 0 Å². The number of nitrogens with two attached hydrogens (primary N) is 1. The van der Waals surface area contributed by atoms with Crippen LogP contribution in [0.15, 0.2) is 48.5 Å². The van der Waals surface area contributed by atoms with Crippen LogP contribution in [0.2, 0.25) is 5.02 Å². The van der Waals surface area contributed by atoms with Crippen LogP contribution in [0, 0.1) is 5.82 Å². The number of rotatable bonds is 7. The van der Waals surface area contributed by atoms with E-state index >= 15 is 0 Å². The number of halogens is 2. The number of aryl methyl sites for hydroxylation is 1. The zero-order valence-electron chi connectivity index (χ0n) is 11.9. The van der Waals surface area contributed by atoms with Crippen LogP contribution in [-0.4, -0.2) is 6.04 Å². The fourth-order valence-electron chi connectivity index (χ4n) is 2.39. The molecule has 1 atom stereocenters. The van der Waals surface area contributed by atoms with Crippen molar-refractivity contribution in [3.05, 3.63) is 70.5 Å². The third-order valence-corrected chi connectivity index (χ3v) is 3.85. The lowest BCUT2D eigenvalue weighted by atomic mass is 9.99. The van der Waals surface area contributed by atoms with Gasteiger partial charge in [0.1, 0.15) is 5.82 Å². The maximum Gasteiger partial charge on any atom is 0.141 e. The average molecular weight is 307 g/mol. The van der Waals surface area contributed by atoms with Crippen LogP contribution in [0.4, 0.5) is 4.39 Å². The van der Waals surface area contributed by atoms with Crippen LogP contribution in [0.1, 0.15) is 24.0 Å². The number of hydrogen-bond donors (Lipinski definition) is 2. The number of hydrazine groups is 1. The van der Waals surface area contributed by atoms with Gasteiger partial charge >= 0.3 is 0 Å². The van der Waals surface area contributed by atoms with E-state index in [1.807, 2.05) is 6.07 Å².